The molecule has 3 aromatic rings. The number of benzene rings is 1. The molecule has 7 heteroatoms. The van der Waals surface area contributed by atoms with Crippen molar-refractivity contribution in [2.45, 2.75) is 0 Å². The van der Waals surface area contributed by atoms with E-state index >= 15 is 0 Å². The number of rotatable bonds is 2. The Balaban J connectivity index is 2.26. The molecule has 0 saturated carbocycles. The standard InChI is InChI=1S/C12H5Br2NO3S/c13-6-3-7-8(9(14)11(6)17)5(4-18-7)10(16)12-15-1-2-19-12/h1-4,17H. The van der Waals surface area contributed by atoms with E-state index in [-0.39, 0.29) is 11.5 Å². The van der Waals surface area contributed by atoms with Gasteiger partial charge in [0.05, 0.1) is 14.5 Å². The van der Waals surface area contributed by atoms with Gasteiger partial charge in [0, 0.05) is 17.0 Å². The zero-order valence-corrected chi connectivity index (χ0v) is 13.2. The molecule has 0 bridgehead atoms. The van der Waals surface area contributed by atoms with Gasteiger partial charge in [-0.15, -0.1) is 11.3 Å². The molecular weight excluding hydrogens is 398 g/mol. The number of hydrogen-bond donors (Lipinski definition) is 1. The molecular formula is C12H5Br2NO3S. The van der Waals surface area contributed by atoms with Crippen molar-refractivity contribution >= 4 is 59.9 Å². The smallest absolute Gasteiger partial charge is 0.225 e. The first kappa shape index (κ1) is 12.8. The number of carbonyl (C=O) groups excluding carboxylic acids is 1. The maximum absolute atomic E-state index is 12.3. The average molecular weight is 403 g/mol. The van der Waals surface area contributed by atoms with Crippen molar-refractivity contribution in [2.24, 2.45) is 0 Å². The Morgan fingerprint density at radius 1 is 1.42 bits per heavy atom. The van der Waals surface area contributed by atoms with Gasteiger partial charge in [-0.05, 0) is 37.9 Å². The van der Waals surface area contributed by atoms with Crippen molar-refractivity contribution in [1.29, 1.82) is 0 Å². The molecule has 0 aliphatic rings. The van der Waals surface area contributed by atoms with E-state index in [4.69, 9.17) is 4.42 Å². The van der Waals surface area contributed by atoms with Crippen LogP contribution in [0.2, 0.25) is 0 Å². The lowest BCUT2D eigenvalue weighted by Gasteiger charge is -2.02. The first-order valence-corrected chi connectivity index (χ1v) is 7.58. The molecule has 1 aromatic carbocycles. The number of phenolic OH excluding ortho intramolecular Hbond substituents is 1. The van der Waals surface area contributed by atoms with E-state index in [1.807, 2.05) is 0 Å². The molecule has 0 aliphatic carbocycles. The van der Waals surface area contributed by atoms with Gasteiger partial charge >= 0.3 is 0 Å². The summed E-state index contributed by atoms with van der Waals surface area (Å²) in [4.78, 5) is 16.3. The molecule has 19 heavy (non-hydrogen) atoms. The summed E-state index contributed by atoms with van der Waals surface area (Å²) in [6.07, 6.45) is 2.95. The number of hydrogen-bond acceptors (Lipinski definition) is 5. The highest BCUT2D eigenvalue weighted by molar-refractivity contribution is 9.11. The first-order valence-electron chi connectivity index (χ1n) is 5.12. The zero-order chi connectivity index (χ0) is 13.6. The van der Waals surface area contributed by atoms with E-state index in [0.717, 1.165) is 0 Å². The molecule has 2 aromatic heterocycles. The molecule has 0 aliphatic heterocycles. The Kier molecular flexibility index (Phi) is 3.20. The van der Waals surface area contributed by atoms with Crippen LogP contribution in [0.4, 0.5) is 0 Å². The predicted molar refractivity (Wildman–Crippen MR) is 78.8 cm³/mol. The predicted octanol–water partition coefficient (Wildman–Crippen LogP) is 4.35. The Hall–Kier alpha value is -1.18. The summed E-state index contributed by atoms with van der Waals surface area (Å²) in [5, 5.41) is 12.6. The number of nitrogens with zero attached hydrogens (tertiary/aromatic N) is 1. The number of aromatic hydroxyl groups is 1. The van der Waals surface area contributed by atoms with Crippen LogP contribution in [-0.2, 0) is 0 Å². The summed E-state index contributed by atoms with van der Waals surface area (Å²) >= 11 is 7.76. The highest BCUT2D eigenvalue weighted by Gasteiger charge is 2.22. The molecule has 1 N–H and O–H groups in total. The molecule has 96 valence electrons. The molecule has 0 saturated heterocycles. The Bertz CT molecular complexity index is 780. The van der Waals surface area contributed by atoms with E-state index in [1.165, 1.54) is 17.6 Å². The van der Waals surface area contributed by atoms with E-state index < -0.39 is 0 Å². The van der Waals surface area contributed by atoms with Gasteiger partial charge in [0.1, 0.15) is 17.6 Å². The van der Waals surface area contributed by atoms with Crippen LogP contribution in [0.5, 0.6) is 5.75 Å². The third-order valence-corrected chi connectivity index (χ3v) is 4.75. The molecule has 0 atom stereocenters. The summed E-state index contributed by atoms with van der Waals surface area (Å²) in [6, 6.07) is 1.62. The first-order chi connectivity index (χ1) is 9.09. The van der Waals surface area contributed by atoms with E-state index in [2.05, 4.69) is 36.8 Å². The third kappa shape index (κ3) is 2.01. The number of ketones is 1. The summed E-state index contributed by atoms with van der Waals surface area (Å²) < 4.78 is 6.29. The molecule has 0 unspecified atom stereocenters. The number of fused-ring (bicyclic) bond motifs is 1. The maximum Gasteiger partial charge on any atom is 0.225 e. The second-order valence-corrected chi connectivity index (χ2v) is 6.25. The topological polar surface area (TPSA) is 63.3 Å². The van der Waals surface area contributed by atoms with Gasteiger partial charge in [-0.2, -0.15) is 0 Å². The number of carbonyl (C=O) groups is 1. The number of furan rings is 1. The fourth-order valence-corrected chi connectivity index (χ4v) is 3.61. The molecule has 0 spiro atoms. The Morgan fingerprint density at radius 2 is 2.21 bits per heavy atom. The largest absolute Gasteiger partial charge is 0.506 e. The van der Waals surface area contributed by atoms with Gasteiger partial charge in [0.15, 0.2) is 5.01 Å². The summed E-state index contributed by atoms with van der Waals surface area (Å²) in [5.41, 5.74) is 0.885. The SMILES string of the molecule is O=C(c1nccs1)c1coc2cc(Br)c(O)c(Br)c12. The average Bonchev–Trinajstić information content (AvgIpc) is 3.04. The highest BCUT2D eigenvalue weighted by atomic mass is 79.9. The minimum Gasteiger partial charge on any atom is -0.506 e. The number of phenols is 1. The van der Waals surface area contributed by atoms with Crippen LogP contribution in [-0.4, -0.2) is 15.9 Å². The Morgan fingerprint density at radius 3 is 2.89 bits per heavy atom. The zero-order valence-electron chi connectivity index (χ0n) is 9.18. The minimum atomic E-state index is -0.226. The van der Waals surface area contributed by atoms with Crippen LogP contribution < -0.4 is 0 Å². The molecule has 2 heterocycles. The second-order valence-electron chi connectivity index (χ2n) is 3.71. The van der Waals surface area contributed by atoms with Crippen molar-refractivity contribution in [3.05, 3.63) is 43.4 Å². The van der Waals surface area contributed by atoms with Crippen molar-refractivity contribution in [3.63, 3.8) is 0 Å². The van der Waals surface area contributed by atoms with Gasteiger partial charge in [0.2, 0.25) is 5.78 Å². The van der Waals surface area contributed by atoms with Crippen LogP contribution in [0.1, 0.15) is 15.4 Å². The second kappa shape index (κ2) is 4.73. The van der Waals surface area contributed by atoms with Gasteiger partial charge < -0.3 is 9.52 Å². The van der Waals surface area contributed by atoms with Crippen molar-refractivity contribution < 1.29 is 14.3 Å². The highest BCUT2D eigenvalue weighted by Crippen LogP contribution is 2.41. The molecule has 0 fully saturated rings. The summed E-state index contributed by atoms with van der Waals surface area (Å²) in [6.45, 7) is 0. The number of thiazole rings is 1. The van der Waals surface area contributed by atoms with Gasteiger partial charge in [-0.1, -0.05) is 0 Å². The van der Waals surface area contributed by atoms with Crippen LogP contribution in [0, 0.1) is 0 Å². The van der Waals surface area contributed by atoms with Gasteiger partial charge in [-0.3, -0.25) is 4.79 Å². The van der Waals surface area contributed by atoms with E-state index in [0.29, 0.717) is 30.5 Å². The lowest BCUT2D eigenvalue weighted by Crippen LogP contribution is -1.99. The maximum atomic E-state index is 12.3. The molecule has 0 amide bonds. The minimum absolute atomic E-state index is 0.0297. The van der Waals surface area contributed by atoms with Gasteiger partial charge in [-0.25, -0.2) is 4.98 Å². The quantitative estimate of drug-likeness (QED) is 0.647. The van der Waals surface area contributed by atoms with E-state index in [9.17, 15) is 9.90 Å². The molecule has 0 radical (unpaired) electrons. The van der Waals surface area contributed by atoms with Crippen molar-refractivity contribution in [3.8, 4) is 5.75 Å². The van der Waals surface area contributed by atoms with Crippen molar-refractivity contribution in [1.82, 2.24) is 4.98 Å². The van der Waals surface area contributed by atoms with Gasteiger partial charge in [0.25, 0.3) is 0 Å². The summed E-state index contributed by atoms with van der Waals surface area (Å²) in [5.74, 6) is -0.196. The lowest BCUT2D eigenvalue weighted by molar-refractivity contribution is 0.103. The lowest BCUT2D eigenvalue weighted by atomic mass is 10.1. The number of halogens is 2. The Labute approximate surface area is 128 Å². The van der Waals surface area contributed by atoms with Crippen LogP contribution >= 0.6 is 43.2 Å². The molecule has 3 rings (SSSR count). The van der Waals surface area contributed by atoms with Crippen molar-refractivity contribution in [2.75, 3.05) is 0 Å². The number of aromatic nitrogens is 1. The van der Waals surface area contributed by atoms with Crippen LogP contribution in [0.25, 0.3) is 11.0 Å². The fraction of sp³-hybridized carbons (Fsp3) is 0. The fourth-order valence-electron chi connectivity index (χ4n) is 1.73. The molecule has 4 nitrogen and oxygen atoms in total. The third-order valence-electron chi connectivity index (χ3n) is 2.60. The normalized spacial score (nSPS) is 11.1. The van der Waals surface area contributed by atoms with Crippen LogP contribution in [0.15, 0.2) is 37.3 Å². The van der Waals surface area contributed by atoms with E-state index in [1.54, 1.807) is 17.6 Å². The van der Waals surface area contributed by atoms with Crippen LogP contribution in [0.3, 0.4) is 0 Å². The summed E-state index contributed by atoms with van der Waals surface area (Å²) in [7, 11) is 0. The monoisotopic (exact) mass is 401 g/mol.